The molecule has 1 rings (SSSR count). The molecule has 0 bridgehead atoms. The average Bonchev–Trinajstić information content (AvgIpc) is 2.66. The van der Waals surface area contributed by atoms with Crippen LogP contribution >= 0.6 is 0 Å². The summed E-state index contributed by atoms with van der Waals surface area (Å²) in [5.41, 5.74) is 5.55. The lowest BCUT2D eigenvalue weighted by atomic mass is 10.1. The van der Waals surface area contributed by atoms with Crippen LogP contribution in [0.1, 0.15) is 19.8 Å². The largest absolute Gasteiger partial charge is 0.370 e. The molecular formula is C10H22N4. The third kappa shape index (κ3) is 3.96. The first-order chi connectivity index (χ1) is 6.72. The minimum atomic E-state index is 0.540. The van der Waals surface area contributed by atoms with E-state index in [0.717, 1.165) is 6.54 Å². The standard InChI is InChI=1S/C10H22N4/c1-9(7-13-10(11)12-2)8-14-5-3-4-6-14/h9H,3-8H2,1-2H3,(H3,11,12,13). The predicted octanol–water partition coefficient (Wildman–Crippen LogP) is 0.252. The first-order valence-corrected chi connectivity index (χ1v) is 5.41. The monoisotopic (exact) mass is 198 g/mol. The quantitative estimate of drug-likeness (QED) is 0.503. The van der Waals surface area contributed by atoms with E-state index in [-0.39, 0.29) is 0 Å². The van der Waals surface area contributed by atoms with Crippen molar-refractivity contribution in [2.45, 2.75) is 19.8 Å². The summed E-state index contributed by atoms with van der Waals surface area (Å²) in [6.45, 7) is 6.86. The number of guanidine groups is 1. The van der Waals surface area contributed by atoms with Crippen molar-refractivity contribution in [2.75, 3.05) is 33.2 Å². The molecule has 0 amide bonds. The van der Waals surface area contributed by atoms with Crippen LogP contribution in [0.2, 0.25) is 0 Å². The third-order valence-corrected chi connectivity index (χ3v) is 2.64. The Bertz CT molecular complexity index is 185. The van der Waals surface area contributed by atoms with Gasteiger partial charge in [0.05, 0.1) is 0 Å². The fourth-order valence-corrected chi connectivity index (χ4v) is 1.83. The van der Waals surface area contributed by atoms with Gasteiger partial charge in [0.1, 0.15) is 0 Å². The Morgan fingerprint density at radius 3 is 2.71 bits per heavy atom. The molecule has 0 saturated carbocycles. The van der Waals surface area contributed by atoms with Crippen LogP contribution in [0.25, 0.3) is 0 Å². The molecule has 0 aromatic rings. The summed E-state index contributed by atoms with van der Waals surface area (Å²) in [6, 6.07) is 0. The molecule has 1 unspecified atom stereocenters. The molecule has 3 N–H and O–H groups in total. The molecule has 1 aliphatic rings. The van der Waals surface area contributed by atoms with E-state index in [1.54, 1.807) is 7.05 Å². The lowest BCUT2D eigenvalue weighted by Gasteiger charge is -2.20. The predicted molar refractivity (Wildman–Crippen MR) is 60.4 cm³/mol. The van der Waals surface area contributed by atoms with E-state index in [1.165, 1.54) is 32.5 Å². The maximum atomic E-state index is 5.55. The van der Waals surface area contributed by atoms with E-state index < -0.39 is 0 Å². The zero-order chi connectivity index (χ0) is 10.4. The Morgan fingerprint density at radius 1 is 1.50 bits per heavy atom. The number of rotatable bonds is 4. The summed E-state index contributed by atoms with van der Waals surface area (Å²) < 4.78 is 0. The van der Waals surface area contributed by atoms with Gasteiger partial charge in [-0.1, -0.05) is 6.92 Å². The Balaban J connectivity index is 2.11. The van der Waals surface area contributed by atoms with Crippen molar-refractivity contribution in [1.29, 1.82) is 0 Å². The van der Waals surface area contributed by atoms with Crippen LogP contribution in [0.3, 0.4) is 0 Å². The second-order valence-corrected chi connectivity index (χ2v) is 4.10. The van der Waals surface area contributed by atoms with Gasteiger partial charge in [-0.2, -0.15) is 0 Å². The molecule has 0 spiro atoms. The molecule has 0 aromatic heterocycles. The molecule has 1 heterocycles. The highest BCUT2D eigenvalue weighted by Crippen LogP contribution is 2.09. The maximum Gasteiger partial charge on any atom is 0.188 e. The minimum absolute atomic E-state index is 0.540. The van der Waals surface area contributed by atoms with Crippen molar-refractivity contribution >= 4 is 5.96 Å². The molecule has 0 aliphatic carbocycles. The highest BCUT2D eigenvalue weighted by molar-refractivity contribution is 5.77. The fourth-order valence-electron chi connectivity index (χ4n) is 1.83. The van der Waals surface area contributed by atoms with Gasteiger partial charge in [-0.05, 0) is 31.8 Å². The highest BCUT2D eigenvalue weighted by atomic mass is 15.1. The van der Waals surface area contributed by atoms with Gasteiger partial charge in [-0.3, -0.25) is 4.99 Å². The second kappa shape index (κ2) is 5.86. The molecule has 0 radical (unpaired) electrons. The zero-order valence-corrected chi connectivity index (χ0v) is 9.29. The molecule has 0 aromatic carbocycles. The van der Waals surface area contributed by atoms with Crippen molar-refractivity contribution in [2.24, 2.45) is 16.6 Å². The summed E-state index contributed by atoms with van der Waals surface area (Å²) in [6.07, 6.45) is 2.72. The highest BCUT2D eigenvalue weighted by Gasteiger charge is 2.14. The number of nitrogens with one attached hydrogen (secondary N) is 1. The van der Waals surface area contributed by atoms with Crippen LogP contribution in [0, 0.1) is 5.92 Å². The molecule has 1 saturated heterocycles. The summed E-state index contributed by atoms with van der Waals surface area (Å²) >= 11 is 0. The molecule has 1 fully saturated rings. The molecule has 1 atom stereocenters. The number of aliphatic imine (C=N–C) groups is 1. The number of nitrogens with zero attached hydrogens (tertiary/aromatic N) is 2. The van der Waals surface area contributed by atoms with E-state index in [0.29, 0.717) is 11.9 Å². The van der Waals surface area contributed by atoms with E-state index >= 15 is 0 Å². The summed E-state index contributed by atoms with van der Waals surface area (Å²) in [7, 11) is 1.70. The number of hydrogen-bond acceptors (Lipinski definition) is 2. The maximum absolute atomic E-state index is 5.55. The van der Waals surface area contributed by atoms with Crippen LogP contribution in [-0.2, 0) is 0 Å². The van der Waals surface area contributed by atoms with Crippen LogP contribution in [0.5, 0.6) is 0 Å². The minimum Gasteiger partial charge on any atom is -0.370 e. The lowest BCUT2D eigenvalue weighted by molar-refractivity contribution is 0.288. The summed E-state index contributed by atoms with van der Waals surface area (Å²) in [4.78, 5) is 6.38. The van der Waals surface area contributed by atoms with Gasteiger partial charge in [0.15, 0.2) is 5.96 Å². The van der Waals surface area contributed by atoms with Crippen LogP contribution in [0.4, 0.5) is 0 Å². The molecule has 4 nitrogen and oxygen atoms in total. The Hall–Kier alpha value is -0.770. The van der Waals surface area contributed by atoms with Gasteiger partial charge in [-0.15, -0.1) is 0 Å². The van der Waals surface area contributed by atoms with Crippen LogP contribution in [0.15, 0.2) is 4.99 Å². The topological polar surface area (TPSA) is 53.6 Å². The van der Waals surface area contributed by atoms with Crippen LogP contribution < -0.4 is 11.1 Å². The zero-order valence-electron chi connectivity index (χ0n) is 9.29. The summed E-state index contributed by atoms with van der Waals surface area (Å²) in [5, 5.41) is 3.11. The van der Waals surface area contributed by atoms with Crippen molar-refractivity contribution in [3.05, 3.63) is 0 Å². The fraction of sp³-hybridized carbons (Fsp3) is 0.900. The van der Waals surface area contributed by atoms with Gasteiger partial charge in [0.2, 0.25) is 0 Å². The smallest absolute Gasteiger partial charge is 0.188 e. The van der Waals surface area contributed by atoms with Crippen molar-refractivity contribution < 1.29 is 0 Å². The Labute approximate surface area is 86.6 Å². The molecular weight excluding hydrogens is 176 g/mol. The SMILES string of the molecule is CN=C(N)NCC(C)CN1CCCC1. The second-order valence-electron chi connectivity index (χ2n) is 4.10. The van der Waals surface area contributed by atoms with E-state index in [4.69, 9.17) is 5.73 Å². The van der Waals surface area contributed by atoms with Gasteiger partial charge >= 0.3 is 0 Å². The molecule has 1 aliphatic heterocycles. The lowest BCUT2D eigenvalue weighted by Crippen LogP contribution is -2.38. The normalized spacial score (nSPS) is 21.1. The first-order valence-electron chi connectivity index (χ1n) is 5.41. The molecule has 14 heavy (non-hydrogen) atoms. The average molecular weight is 198 g/mol. The van der Waals surface area contributed by atoms with E-state index in [2.05, 4.69) is 22.1 Å². The Kier molecular flexibility index (Phi) is 4.73. The van der Waals surface area contributed by atoms with Crippen molar-refractivity contribution in [3.8, 4) is 0 Å². The molecule has 82 valence electrons. The number of hydrogen-bond donors (Lipinski definition) is 2. The van der Waals surface area contributed by atoms with E-state index in [9.17, 15) is 0 Å². The Morgan fingerprint density at radius 2 is 2.14 bits per heavy atom. The van der Waals surface area contributed by atoms with E-state index in [1.807, 2.05) is 0 Å². The summed E-state index contributed by atoms with van der Waals surface area (Å²) in [5.74, 6) is 1.17. The van der Waals surface area contributed by atoms with Crippen molar-refractivity contribution in [1.82, 2.24) is 10.2 Å². The first kappa shape index (κ1) is 11.3. The van der Waals surface area contributed by atoms with Gasteiger partial charge in [0, 0.05) is 20.1 Å². The van der Waals surface area contributed by atoms with Crippen molar-refractivity contribution in [3.63, 3.8) is 0 Å². The van der Waals surface area contributed by atoms with Gasteiger partial charge in [0.25, 0.3) is 0 Å². The van der Waals surface area contributed by atoms with Crippen LogP contribution in [-0.4, -0.2) is 44.1 Å². The van der Waals surface area contributed by atoms with Gasteiger partial charge < -0.3 is 16.0 Å². The molecule has 4 heteroatoms. The third-order valence-electron chi connectivity index (χ3n) is 2.64. The van der Waals surface area contributed by atoms with Gasteiger partial charge in [-0.25, -0.2) is 0 Å². The number of nitrogens with two attached hydrogens (primary N) is 1. The number of likely N-dealkylation sites (tertiary alicyclic amines) is 1.